The first-order chi connectivity index (χ1) is 13.1. The van der Waals surface area contributed by atoms with Crippen molar-refractivity contribution in [1.82, 2.24) is 20.6 Å². The Morgan fingerprint density at radius 3 is 2.59 bits per heavy atom. The van der Waals surface area contributed by atoms with Crippen molar-refractivity contribution in [3.05, 3.63) is 66.5 Å². The van der Waals surface area contributed by atoms with E-state index in [1.54, 1.807) is 25.3 Å². The Morgan fingerprint density at radius 1 is 1.15 bits per heavy atom. The topological polar surface area (TPSA) is 100 Å². The first-order valence-corrected chi connectivity index (χ1v) is 8.83. The Labute approximate surface area is 157 Å². The first-order valence-electron chi connectivity index (χ1n) is 8.83. The van der Waals surface area contributed by atoms with E-state index in [2.05, 4.69) is 20.6 Å². The fourth-order valence-electron chi connectivity index (χ4n) is 2.68. The number of carbonyl (C=O) groups is 2. The Balaban J connectivity index is 1.63. The summed E-state index contributed by atoms with van der Waals surface area (Å²) in [6.07, 6.45) is 3.82. The Kier molecular flexibility index (Phi) is 5.71. The number of aromatic nitrogens is 2. The number of furan rings is 1. The molecular weight excluding hydrogens is 344 g/mol. The molecule has 2 aromatic heterocycles. The predicted octanol–water partition coefficient (Wildman–Crippen LogP) is 3.06. The molecule has 2 heterocycles. The third kappa shape index (κ3) is 4.44. The number of nitrogens with zero attached hydrogens (tertiary/aromatic N) is 1. The van der Waals surface area contributed by atoms with Gasteiger partial charge in [0.15, 0.2) is 5.76 Å². The maximum absolute atomic E-state index is 12.5. The van der Waals surface area contributed by atoms with Crippen LogP contribution in [0, 0.1) is 0 Å². The van der Waals surface area contributed by atoms with Gasteiger partial charge >= 0.3 is 0 Å². The molecule has 0 saturated carbocycles. The van der Waals surface area contributed by atoms with Crippen molar-refractivity contribution in [3.63, 3.8) is 0 Å². The molecule has 0 aliphatic heterocycles. The molecule has 7 nitrogen and oxygen atoms in total. The third-order valence-electron chi connectivity index (χ3n) is 4.22. The molecule has 2 unspecified atom stereocenters. The van der Waals surface area contributed by atoms with Gasteiger partial charge in [-0.2, -0.15) is 0 Å². The molecule has 0 saturated heterocycles. The molecule has 3 aromatic rings. The van der Waals surface area contributed by atoms with Gasteiger partial charge < -0.3 is 20.0 Å². The zero-order valence-corrected chi connectivity index (χ0v) is 15.2. The summed E-state index contributed by atoms with van der Waals surface area (Å²) in [6.45, 7) is 3.59. The number of hydrogen-bond donors (Lipinski definition) is 3. The number of aromatic amines is 1. The van der Waals surface area contributed by atoms with E-state index in [1.165, 1.54) is 6.26 Å². The van der Waals surface area contributed by atoms with E-state index < -0.39 is 11.9 Å². The molecule has 7 heteroatoms. The lowest BCUT2D eigenvalue weighted by molar-refractivity contribution is -0.123. The van der Waals surface area contributed by atoms with Gasteiger partial charge in [0, 0.05) is 0 Å². The highest BCUT2D eigenvalue weighted by molar-refractivity contribution is 5.95. The normalized spacial score (nSPS) is 13.0. The number of rotatable bonds is 7. The van der Waals surface area contributed by atoms with Crippen LogP contribution in [0.15, 0.2) is 59.3 Å². The Morgan fingerprint density at radius 2 is 1.93 bits per heavy atom. The zero-order chi connectivity index (χ0) is 19.2. The van der Waals surface area contributed by atoms with Gasteiger partial charge in [0.25, 0.3) is 5.91 Å². The largest absolute Gasteiger partial charge is 0.459 e. The predicted molar refractivity (Wildman–Crippen MR) is 101 cm³/mol. The van der Waals surface area contributed by atoms with Crippen molar-refractivity contribution >= 4 is 11.8 Å². The molecule has 1 aromatic carbocycles. The summed E-state index contributed by atoms with van der Waals surface area (Å²) in [6, 6.07) is 12.0. The molecule has 0 aliphatic carbocycles. The molecule has 0 aliphatic rings. The Bertz CT molecular complexity index is 887. The van der Waals surface area contributed by atoms with E-state index in [-0.39, 0.29) is 17.7 Å². The van der Waals surface area contributed by atoms with E-state index in [0.717, 1.165) is 11.3 Å². The number of carbonyl (C=O) groups excluding carboxylic acids is 2. The van der Waals surface area contributed by atoms with Gasteiger partial charge in [-0.15, -0.1) is 0 Å². The highest BCUT2D eigenvalue weighted by Gasteiger charge is 2.22. The number of nitrogens with one attached hydrogen (secondary N) is 3. The van der Waals surface area contributed by atoms with Crippen LogP contribution < -0.4 is 10.6 Å². The molecule has 0 fully saturated rings. The van der Waals surface area contributed by atoms with E-state index in [0.29, 0.717) is 12.2 Å². The van der Waals surface area contributed by atoms with Crippen LogP contribution in [-0.2, 0) is 4.79 Å². The summed E-state index contributed by atoms with van der Waals surface area (Å²) >= 11 is 0. The van der Waals surface area contributed by atoms with Gasteiger partial charge in [0.2, 0.25) is 5.91 Å². The molecule has 0 radical (unpaired) electrons. The second kappa shape index (κ2) is 8.35. The molecule has 0 spiro atoms. The van der Waals surface area contributed by atoms with Crippen LogP contribution in [0.25, 0.3) is 11.3 Å². The lowest BCUT2D eigenvalue weighted by atomic mass is 10.1. The molecule has 2 amide bonds. The minimum absolute atomic E-state index is 0.167. The highest BCUT2D eigenvalue weighted by atomic mass is 16.3. The lowest BCUT2D eigenvalue weighted by Crippen LogP contribution is -2.45. The van der Waals surface area contributed by atoms with Crippen LogP contribution in [0.5, 0.6) is 0 Å². The lowest BCUT2D eigenvalue weighted by Gasteiger charge is -2.19. The monoisotopic (exact) mass is 366 g/mol. The van der Waals surface area contributed by atoms with Crippen LogP contribution in [-0.4, -0.2) is 27.8 Å². The van der Waals surface area contributed by atoms with Gasteiger partial charge in [-0.1, -0.05) is 37.3 Å². The maximum Gasteiger partial charge on any atom is 0.287 e. The summed E-state index contributed by atoms with van der Waals surface area (Å²) in [5.74, 6) is 0.119. The molecule has 0 bridgehead atoms. The van der Waals surface area contributed by atoms with E-state index >= 15 is 0 Å². The minimum Gasteiger partial charge on any atom is -0.459 e. The minimum atomic E-state index is -0.708. The van der Waals surface area contributed by atoms with Crippen LogP contribution in [0.2, 0.25) is 0 Å². The average Bonchev–Trinajstić information content (AvgIpc) is 3.38. The number of benzene rings is 1. The molecule has 3 N–H and O–H groups in total. The van der Waals surface area contributed by atoms with Crippen LogP contribution in [0.3, 0.4) is 0 Å². The second-order valence-corrected chi connectivity index (χ2v) is 6.19. The second-order valence-electron chi connectivity index (χ2n) is 6.19. The number of H-pyrrole nitrogens is 1. The molecule has 27 heavy (non-hydrogen) atoms. The van der Waals surface area contributed by atoms with Crippen molar-refractivity contribution in [3.8, 4) is 11.3 Å². The molecule has 2 atom stereocenters. The van der Waals surface area contributed by atoms with E-state index in [9.17, 15) is 9.59 Å². The highest BCUT2D eigenvalue weighted by Crippen LogP contribution is 2.20. The smallest absolute Gasteiger partial charge is 0.287 e. The fourth-order valence-corrected chi connectivity index (χ4v) is 2.68. The molecular formula is C20H22N4O3. The summed E-state index contributed by atoms with van der Waals surface area (Å²) in [7, 11) is 0. The van der Waals surface area contributed by atoms with Gasteiger partial charge in [0.1, 0.15) is 11.9 Å². The fraction of sp³-hybridized carbons (Fsp3) is 0.250. The van der Waals surface area contributed by atoms with Gasteiger partial charge in [-0.3, -0.25) is 9.59 Å². The number of hydrogen-bond acceptors (Lipinski definition) is 4. The van der Waals surface area contributed by atoms with Gasteiger partial charge in [-0.25, -0.2) is 4.98 Å². The summed E-state index contributed by atoms with van der Waals surface area (Å²) in [4.78, 5) is 32.1. The van der Waals surface area contributed by atoms with Crippen molar-refractivity contribution < 1.29 is 14.0 Å². The first kappa shape index (κ1) is 18.4. The van der Waals surface area contributed by atoms with Gasteiger partial charge in [0.05, 0.1) is 24.2 Å². The van der Waals surface area contributed by atoms with Crippen LogP contribution >= 0.6 is 0 Å². The maximum atomic E-state index is 12.5. The average molecular weight is 366 g/mol. The Hall–Kier alpha value is -3.35. The quantitative estimate of drug-likeness (QED) is 0.598. The summed E-state index contributed by atoms with van der Waals surface area (Å²) in [5.41, 5.74) is 1.91. The van der Waals surface area contributed by atoms with Crippen molar-refractivity contribution in [2.45, 2.75) is 32.4 Å². The summed E-state index contributed by atoms with van der Waals surface area (Å²) < 4.78 is 5.03. The van der Waals surface area contributed by atoms with E-state index in [4.69, 9.17) is 4.42 Å². The summed E-state index contributed by atoms with van der Waals surface area (Å²) in [5, 5.41) is 5.54. The van der Waals surface area contributed by atoms with Crippen LogP contribution in [0.1, 0.15) is 42.7 Å². The molecule has 140 valence electrons. The standard InChI is InChI=1S/C20H22N4O3/c1-3-15(18-21-12-16(23-18)14-8-5-4-6-9-14)24-19(25)13(2)22-20(26)17-10-7-11-27-17/h4-13,15H,3H2,1-2H3,(H,21,23)(H,22,26)(H,24,25). The number of amides is 2. The zero-order valence-electron chi connectivity index (χ0n) is 15.2. The third-order valence-corrected chi connectivity index (χ3v) is 4.22. The number of imidazole rings is 1. The molecule has 3 rings (SSSR count). The van der Waals surface area contributed by atoms with Crippen molar-refractivity contribution in [1.29, 1.82) is 0 Å². The van der Waals surface area contributed by atoms with E-state index in [1.807, 2.05) is 37.3 Å². The van der Waals surface area contributed by atoms with Gasteiger partial charge in [-0.05, 0) is 31.0 Å². The van der Waals surface area contributed by atoms with Crippen molar-refractivity contribution in [2.24, 2.45) is 0 Å². The SMILES string of the molecule is CCC(NC(=O)C(C)NC(=O)c1ccco1)c1ncc(-c2ccccc2)[nH]1. The van der Waals surface area contributed by atoms with Crippen LogP contribution in [0.4, 0.5) is 0 Å². The van der Waals surface area contributed by atoms with Crippen molar-refractivity contribution in [2.75, 3.05) is 0 Å².